The van der Waals surface area contributed by atoms with Crippen LogP contribution in [-0.2, 0) is 11.2 Å². The van der Waals surface area contributed by atoms with Crippen LogP contribution in [0.5, 0.6) is 0 Å². The molecule has 24 heavy (non-hydrogen) atoms. The van der Waals surface area contributed by atoms with Crippen LogP contribution in [-0.4, -0.2) is 42.0 Å². The number of hydrogen-bond donors (Lipinski definition) is 0. The highest BCUT2D eigenvalue weighted by Crippen LogP contribution is 2.21. The number of piperazine rings is 1. The second-order valence-electron chi connectivity index (χ2n) is 6.00. The molecule has 1 aromatic heterocycles. The highest BCUT2D eigenvalue weighted by Gasteiger charge is 2.22. The lowest BCUT2D eigenvalue weighted by molar-refractivity contribution is -0.130. The first-order chi connectivity index (χ1) is 11.8. The lowest BCUT2D eigenvalue weighted by atomic mass is 10.0. The van der Waals surface area contributed by atoms with E-state index in [1.807, 2.05) is 34.7 Å². The zero-order chi connectivity index (χ0) is 16.4. The van der Waals surface area contributed by atoms with Gasteiger partial charge in [-0.3, -0.25) is 4.79 Å². The minimum atomic E-state index is 0.213. The number of carbonyl (C=O) groups excluding carboxylic acids is 1. The van der Waals surface area contributed by atoms with Gasteiger partial charge in [-0.1, -0.05) is 42.5 Å². The van der Waals surface area contributed by atoms with Crippen LogP contribution < -0.4 is 4.90 Å². The van der Waals surface area contributed by atoms with E-state index in [0.717, 1.165) is 36.9 Å². The number of thiazole rings is 1. The predicted octanol–water partition coefficient (Wildman–Crippen LogP) is 3.19. The molecule has 0 aliphatic carbocycles. The maximum atomic E-state index is 12.7. The van der Waals surface area contributed by atoms with Crippen molar-refractivity contribution in [1.29, 1.82) is 0 Å². The number of benzene rings is 2. The third-order valence-corrected chi connectivity index (χ3v) is 5.38. The Morgan fingerprint density at radius 1 is 1.04 bits per heavy atom. The fourth-order valence-corrected chi connectivity index (χ4v) is 3.94. The Hall–Kier alpha value is -2.40. The van der Waals surface area contributed by atoms with E-state index < -0.39 is 0 Å². The Morgan fingerprint density at radius 2 is 1.83 bits per heavy atom. The van der Waals surface area contributed by atoms with Gasteiger partial charge in [-0.05, 0) is 16.3 Å². The molecule has 1 saturated heterocycles. The van der Waals surface area contributed by atoms with E-state index in [1.165, 1.54) is 10.8 Å². The zero-order valence-corrected chi connectivity index (χ0v) is 14.2. The van der Waals surface area contributed by atoms with Crippen LogP contribution in [0.4, 0.5) is 5.13 Å². The summed E-state index contributed by atoms with van der Waals surface area (Å²) in [6, 6.07) is 14.4. The number of amides is 1. The van der Waals surface area contributed by atoms with Gasteiger partial charge in [0.2, 0.25) is 5.91 Å². The molecule has 0 saturated carbocycles. The average Bonchev–Trinajstić information content (AvgIpc) is 3.17. The van der Waals surface area contributed by atoms with Crippen LogP contribution in [0, 0.1) is 0 Å². The van der Waals surface area contributed by atoms with Gasteiger partial charge in [0, 0.05) is 37.8 Å². The van der Waals surface area contributed by atoms with E-state index in [4.69, 9.17) is 0 Å². The Balaban J connectivity index is 1.43. The van der Waals surface area contributed by atoms with E-state index in [0.29, 0.717) is 6.42 Å². The number of hydrogen-bond acceptors (Lipinski definition) is 4. The molecule has 0 unspecified atom stereocenters. The number of anilines is 1. The molecule has 0 spiro atoms. The number of nitrogens with zero attached hydrogens (tertiary/aromatic N) is 3. The summed E-state index contributed by atoms with van der Waals surface area (Å²) >= 11 is 1.65. The molecule has 1 aliphatic rings. The average molecular weight is 337 g/mol. The van der Waals surface area contributed by atoms with Crippen LogP contribution >= 0.6 is 11.3 Å². The first kappa shape index (κ1) is 15.1. The highest BCUT2D eigenvalue weighted by molar-refractivity contribution is 7.13. The van der Waals surface area contributed by atoms with E-state index in [-0.39, 0.29) is 5.91 Å². The van der Waals surface area contributed by atoms with Gasteiger partial charge in [0.05, 0.1) is 6.42 Å². The summed E-state index contributed by atoms with van der Waals surface area (Å²) in [5.74, 6) is 0.213. The molecule has 0 radical (unpaired) electrons. The first-order valence-corrected chi connectivity index (χ1v) is 9.08. The van der Waals surface area contributed by atoms with Gasteiger partial charge in [-0.15, -0.1) is 11.3 Å². The van der Waals surface area contributed by atoms with E-state index >= 15 is 0 Å². The van der Waals surface area contributed by atoms with Crippen molar-refractivity contribution in [3.8, 4) is 0 Å². The maximum Gasteiger partial charge on any atom is 0.227 e. The topological polar surface area (TPSA) is 36.4 Å². The predicted molar refractivity (Wildman–Crippen MR) is 98.6 cm³/mol. The summed E-state index contributed by atoms with van der Waals surface area (Å²) in [6.07, 6.45) is 2.30. The van der Waals surface area contributed by atoms with Crippen molar-refractivity contribution in [2.24, 2.45) is 0 Å². The van der Waals surface area contributed by atoms with Crippen LogP contribution in [0.15, 0.2) is 54.0 Å². The van der Waals surface area contributed by atoms with E-state index in [1.54, 1.807) is 11.3 Å². The third-order valence-electron chi connectivity index (χ3n) is 4.54. The molecule has 5 heteroatoms. The Bertz CT molecular complexity index is 833. The van der Waals surface area contributed by atoms with Gasteiger partial charge < -0.3 is 9.80 Å². The minimum absolute atomic E-state index is 0.213. The minimum Gasteiger partial charge on any atom is -0.345 e. The van der Waals surface area contributed by atoms with Crippen molar-refractivity contribution in [2.75, 3.05) is 31.1 Å². The molecule has 1 aliphatic heterocycles. The maximum absolute atomic E-state index is 12.7. The summed E-state index contributed by atoms with van der Waals surface area (Å²) in [6.45, 7) is 3.25. The second-order valence-corrected chi connectivity index (χ2v) is 6.87. The largest absolute Gasteiger partial charge is 0.345 e. The van der Waals surface area contributed by atoms with Crippen molar-refractivity contribution in [3.05, 3.63) is 59.6 Å². The van der Waals surface area contributed by atoms with Crippen molar-refractivity contribution < 1.29 is 4.79 Å². The monoisotopic (exact) mass is 337 g/mol. The van der Waals surface area contributed by atoms with Crippen molar-refractivity contribution in [1.82, 2.24) is 9.88 Å². The van der Waals surface area contributed by atoms with Crippen LogP contribution in [0.2, 0.25) is 0 Å². The second kappa shape index (κ2) is 6.61. The van der Waals surface area contributed by atoms with E-state index in [9.17, 15) is 4.79 Å². The van der Waals surface area contributed by atoms with Crippen molar-refractivity contribution >= 4 is 33.1 Å². The lowest BCUT2D eigenvalue weighted by Gasteiger charge is -2.34. The lowest BCUT2D eigenvalue weighted by Crippen LogP contribution is -2.49. The summed E-state index contributed by atoms with van der Waals surface area (Å²) in [5, 5.41) is 5.41. The Labute approximate surface area is 145 Å². The molecule has 0 bridgehead atoms. The number of carbonyl (C=O) groups is 1. The van der Waals surface area contributed by atoms with Crippen molar-refractivity contribution in [3.63, 3.8) is 0 Å². The molecule has 4 nitrogen and oxygen atoms in total. The Kier molecular flexibility index (Phi) is 4.17. The van der Waals surface area contributed by atoms with Crippen molar-refractivity contribution in [2.45, 2.75) is 6.42 Å². The molecular weight excluding hydrogens is 318 g/mol. The van der Waals surface area contributed by atoms with Crippen LogP contribution in [0.3, 0.4) is 0 Å². The quantitative estimate of drug-likeness (QED) is 0.736. The van der Waals surface area contributed by atoms with Gasteiger partial charge in [0.15, 0.2) is 5.13 Å². The summed E-state index contributed by atoms with van der Waals surface area (Å²) in [5.41, 5.74) is 1.11. The van der Waals surface area contributed by atoms with Crippen LogP contribution in [0.1, 0.15) is 5.56 Å². The number of rotatable bonds is 3. The molecule has 4 rings (SSSR count). The smallest absolute Gasteiger partial charge is 0.227 e. The van der Waals surface area contributed by atoms with E-state index in [2.05, 4.69) is 34.1 Å². The zero-order valence-electron chi connectivity index (χ0n) is 13.4. The molecule has 2 aromatic carbocycles. The molecule has 1 fully saturated rings. The number of aromatic nitrogens is 1. The van der Waals surface area contributed by atoms with Crippen LogP contribution in [0.25, 0.3) is 10.8 Å². The van der Waals surface area contributed by atoms with Gasteiger partial charge in [-0.25, -0.2) is 4.98 Å². The molecule has 0 atom stereocenters. The van der Waals surface area contributed by atoms with Gasteiger partial charge in [-0.2, -0.15) is 0 Å². The summed E-state index contributed by atoms with van der Waals surface area (Å²) in [7, 11) is 0. The third kappa shape index (κ3) is 2.99. The fourth-order valence-electron chi connectivity index (χ4n) is 3.24. The first-order valence-electron chi connectivity index (χ1n) is 8.20. The SMILES string of the molecule is O=C(Cc1cccc2ccccc12)N1CCN(c2nccs2)CC1. The number of fused-ring (bicyclic) bond motifs is 1. The Morgan fingerprint density at radius 3 is 2.62 bits per heavy atom. The molecular formula is C19H19N3OS. The highest BCUT2D eigenvalue weighted by atomic mass is 32.1. The molecule has 1 amide bonds. The molecule has 0 N–H and O–H groups in total. The van der Waals surface area contributed by atoms with Gasteiger partial charge >= 0.3 is 0 Å². The normalized spacial score (nSPS) is 15.0. The standard InChI is InChI=1S/C19H19N3OS/c23-18(14-16-6-3-5-15-4-1-2-7-17(15)16)21-9-11-22(12-10-21)19-20-8-13-24-19/h1-8,13H,9-12,14H2. The van der Waals surface area contributed by atoms with Gasteiger partial charge in [0.25, 0.3) is 0 Å². The fraction of sp³-hybridized carbons (Fsp3) is 0.263. The molecule has 3 aromatic rings. The van der Waals surface area contributed by atoms with Gasteiger partial charge in [0.1, 0.15) is 0 Å². The molecule has 122 valence electrons. The summed E-state index contributed by atoms with van der Waals surface area (Å²) in [4.78, 5) is 21.3. The summed E-state index contributed by atoms with van der Waals surface area (Å²) < 4.78 is 0. The molecule has 2 heterocycles.